The number of hydrogen-bond donors (Lipinski definition) is 1. The fourth-order valence-electron chi connectivity index (χ4n) is 1.59. The van der Waals surface area contributed by atoms with Gasteiger partial charge < -0.3 is 10.3 Å². The highest BCUT2D eigenvalue weighted by atomic mass is 32.2. The number of nitrogen functional groups attached to an aromatic ring is 1. The van der Waals surface area contributed by atoms with Gasteiger partial charge in [-0.15, -0.1) is 0 Å². The van der Waals surface area contributed by atoms with Crippen molar-refractivity contribution in [1.29, 1.82) is 0 Å². The third-order valence-corrected chi connectivity index (χ3v) is 4.21. The molecule has 1 atom stereocenters. The zero-order chi connectivity index (χ0) is 13.3. The smallest absolute Gasteiger partial charge is 0.175 e. The van der Waals surface area contributed by atoms with Crippen LogP contribution < -0.4 is 5.73 Å². The van der Waals surface area contributed by atoms with Gasteiger partial charge in [0.05, 0.1) is 5.56 Å². The van der Waals surface area contributed by atoms with Gasteiger partial charge in [0.1, 0.15) is 5.25 Å². The fourth-order valence-corrected chi connectivity index (χ4v) is 2.14. The van der Waals surface area contributed by atoms with Crippen LogP contribution in [-0.4, -0.2) is 24.8 Å². The summed E-state index contributed by atoms with van der Waals surface area (Å²) in [6.07, 6.45) is 4.34. The molecule has 2 aromatic heterocycles. The second-order valence-electron chi connectivity index (χ2n) is 4.02. The van der Waals surface area contributed by atoms with E-state index in [0.717, 1.165) is 6.26 Å². The third-order valence-electron chi connectivity index (χ3n) is 2.71. The maximum Gasteiger partial charge on any atom is 0.175 e. The highest BCUT2D eigenvalue weighted by Gasteiger charge is 2.27. The molecule has 0 aliphatic heterocycles. The Labute approximate surface area is 105 Å². The van der Waals surface area contributed by atoms with E-state index in [0.29, 0.717) is 11.1 Å². The molecule has 0 bridgehead atoms. The molecule has 0 aromatic carbocycles. The number of aromatic nitrogens is 2. The normalized spacial score (nSPS) is 13.4. The first-order chi connectivity index (χ1) is 8.41. The molecule has 0 radical (unpaired) electrons. The summed E-state index contributed by atoms with van der Waals surface area (Å²) in [5.74, 6) is 0.400. The highest BCUT2D eigenvalue weighted by molar-refractivity contribution is 7.90. The number of sulfone groups is 1. The fraction of sp³-hybridized carbons (Fsp3) is 0.273. The maximum absolute atomic E-state index is 11.6. The van der Waals surface area contributed by atoms with E-state index in [-0.39, 0.29) is 11.6 Å². The molecule has 0 aliphatic rings. The Hall–Kier alpha value is -1.89. The van der Waals surface area contributed by atoms with E-state index in [4.69, 9.17) is 10.3 Å². The Balaban J connectivity index is 2.60. The Morgan fingerprint density at radius 3 is 2.72 bits per heavy atom. The summed E-state index contributed by atoms with van der Waals surface area (Å²) in [4.78, 5) is 3.97. The van der Waals surface area contributed by atoms with Crippen LogP contribution in [0.5, 0.6) is 0 Å². The van der Waals surface area contributed by atoms with Gasteiger partial charge in [-0.25, -0.2) is 8.42 Å². The van der Waals surface area contributed by atoms with E-state index in [2.05, 4.69) is 10.1 Å². The number of nitrogens with zero attached hydrogens (tertiary/aromatic N) is 2. The quantitative estimate of drug-likeness (QED) is 0.903. The SMILES string of the molecule is CC(c1onc(N)c1-c1cccnc1)S(C)(=O)=O. The van der Waals surface area contributed by atoms with Crippen molar-refractivity contribution in [2.45, 2.75) is 12.2 Å². The van der Waals surface area contributed by atoms with Gasteiger partial charge in [0.2, 0.25) is 0 Å². The molecule has 96 valence electrons. The largest absolute Gasteiger partial charge is 0.380 e. The topological polar surface area (TPSA) is 99.1 Å². The first kappa shape index (κ1) is 12.6. The lowest BCUT2D eigenvalue weighted by Gasteiger charge is -2.07. The molecule has 6 nitrogen and oxygen atoms in total. The average molecular weight is 267 g/mol. The molecule has 0 fully saturated rings. The van der Waals surface area contributed by atoms with Crippen molar-refractivity contribution in [3.8, 4) is 11.1 Å². The molecule has 0 spiro atoms. The van der Waals surface area contributed by atoms with Crippen LogP contribution in [0, 0.1) is 0 Å². The minimum Gasteiger partial charge on any atom is -0.380 e. The Kier molecular flexibility index (Phi) is 3.08. The molecule has 7 heteroatoms. The van der Waals surface area contributed by atoms with Crippen LogP contribution in [0.3, 0.4) is 0 Å². The number of rotatable bonds is 3. The molecule has 0 saturated carbocycles. The van der Waals surface area contributed by atoms with E-state index in [1.165, 1.54) is 6.92 Å². The van der Waals surface area contributed by atoms with Gasteiger partial charge >= 0.3 is 0 Å². The average Bonchev–Trinajstić information content (AvgIpc) is 2.70. The van der Waals surface area contributed by atoms with Gasteiger partial charge in [-0.1, -0.05) is 11.2 Å². The predicted molar refractivity (Wildman–Crippen MR) is 67.4 cm³/mol. The van der Waals surface area contributed by atoms with Crippen molar-refractivity contribution in [3.05, 3.63) is 30.3 Å². The van der Waals surface area contributed by atoms with Crippen molar-refractivity contribution >= 4 is 15.7 Å². The van der Waals surface area contributed by atoms with Gasteiger partial charge in [0, 0.05) is 24.2 Å². The summed E-state index contributed by atoms with van der Waals surface area (Å²) in [5.41, 5.74) is 6.90. The van der Waals surface area contributed by atoms with Crippen molar-refractivity contribution in [3.63, 3.8) is 0 Å². The molecule has 1 unspecified atom stereocenters. The van der Waals surface area contributed by atoms with Crippen molar-refractivity contribution in [1.82, 2.24) is 10.1 Å². The molecule has 0 aliphatic carbocycles. The number of anilines is 1. The number of hydrogen-bond acceptors (Lipinski definition) is 6. The van der Waals surface area contributed by atoms with E-state index in [1.807, 2.05) is 0 Å². The predicted octanol–water partition coefficient (Wildman–Crippen LogP) is 1.42. The van der Waals surface area contributed by atoms with E-state index in [1.54, 1.807) is 24.5 Å². The summed E-state index contributed by atoms with van der Waals surface area (Å²) in [5, 5.41) is 2.83. The standard InChI is InChI=1S/C11H13N3O3S/c1-7(18(2,15)16)10-9(11(12)14-17-10)8-4-3-5-13-6-8/h3-7H,1-2H3,(H2,12,14). The van der Waals surface area contributed by atoms with E-state index < -0.39 is 15.1 Å². The second-order valence-corrected chi connectivity index (χ2v) is 6.39. The van der Waals surface area contributed by atoms with Crippen LogP contribution in [0.25, 0.3) is 11.1 Å². The lowest BCUT2D eigenvalue weighted by atomic mass is 10.1. The Morgan fingerprint density at radius 2 is 2.17 bits per heavy atom. The van der Waals surface area contributed by atoms with Gasteiger partial charge in [-0.05, 0) is 13.0 Å². The van der Waals surface area contributed by atoms with Crippen molar-refractivity contribution in [2.75, 3.05) is 12.0 Å². The highest BCUT2D eigenvalue weighted by Crippen LogP contribution is 2.35. The third kappa shape index (κ3) is 2.21. The maximum atomic E-state index is 11.6. The van der Waals surface area contributed by atoms with Crippen LogP contribution in [0.2, 0.25) is 0 Å². The lowest BCUT2D eigenvalue weighted by molar-refractivity contribution is 0.385. The summed E-state index contributed by atoms with van der Waals surface area (Å²) in [7, 11) is -3.28. The first-order valence-corrected chi connectivity index (χ1v) is 7.21. The van der Waals surface area contributed by atoms with Crippen LogP contribution in [0.4, 0.5) is 5.82 Å². The lowest BCUT2D eigenvalue weighted by Crippen LogP contribution is -2.08. The molecule has 0 amide bonds. The summed E-state index contributed by atoms with van der Waals surface area (Å²) < 4.78 is 28.2. The van der Waals surface area contributed by atoms with Crippen LogP contribution >= 0.6 is 0 Å². The molecular weight excluding hydrogens is 254 g/mol. The molecule has 2 rings (SSSR count). The second kappa shape index (κ2) is 4.41. The Morgan fingerprint density at radius 1 is 1.44 bits per heavy atom. The zero-order valence-corrected chi connectivity index (χ0v) is 10.8. The molecule has 2 heterocycles. The monoisotopic (exact) mass is 267 g/mol. The molecule has 2 aromatic rings. The summed E-state index contributed by atoms with van der Waals surface area (Å²) >= 11 is 0. The number of pyridine rings is 1. The van der Waals surface area contributed by atoms with Crippen molar-refractivity contribution in [2.24, 2.45) is 0 Å². The zero-order valence-electron chi connectivity index (χ0n) is 9.99. The molecule has 0 saturated heterocycles. The first-order valence-electron chi connectivity index (χ1n) is 5.25. The molecule has 2 N–H and O–H groups in total. The van der Waals surface area contributed by atoms with Gasteiger partial charge in [-0.3, -0.25) is 4.98 Å². The van der Waals surface area contributed by atoms with Crippen molar-refractivity contribution < 1.29 is 12.9 Å². The van der Waals surface area contributed by atoms with Crippen LogP contribution in [-0.2, 0) is 9.84 Å². The molecular formula is C11H13N3O3S. The van der Waals surface area contributed by atoms with Gasteiger partial charge in [-0.2, -0.15) is 0 Å². The Bertz CT molecular complexity index is 649. The minimum absolute atomic E-state index is 0.161. The summed E-state index contributed by atoms with van der Waals surface area (Å²) in [6.45, 7) is 1.54. The number of nitrogens with two attached hydrogens (primary N) is 1. The van der Waals surface area contributed by atoms with Crippen LogP contribution in [0.15, 0.2) is 29.0 Å². The van der Waals surface area contributed by atoms with Crippen LogP contribution in [0.1, 0.15) is 17.9 Å². The van der Waals surface area contributed by atoms with E-state index in [9.17, 15) is 8.42 Å². The molecule has 18 heavy (non-hydrogen) atoms. The van der Waals surface area contributed by atoms with Gasteiger partial charge in [0.15, 0.2) is 21.4 Å². The van der Waals surface area contributed by atoms with Gasteiger partial charge in [0.25, 0.3) is 0 Å². The summed E-state index contributed by atoms with van der Waals surface area (Å²) in [6, 6.07) is 3.51. The van der Waals surface area contributed by atoms with E-state index >= 15 is 0 Å². The minimum atomic E-state index is -3.28.